The summed E-state index contributed by atoms with van der Waals surface area (Å²) in [6, 6.07) is 1.72. The highest BCUT2D eigenvalue weighted by molar-refractivity contribution is 5.60. The van der Waals surface area contributed by atoms with Crippen molar-refractivity contribution in [3.05, 3.63) is 45.1 Å². The molecule has 4 N–H and O–H groups in total. The van der Waals surface area contributed by atoms with Crippen LogP contribution < -0.4 is 22.3 Å². The third-order valence-corrected chi connectivity index (χ3v) is 2.88. The molecule has 2 heterocycles. The Morgan fingerprint density at radius 1 is 1.43 bits per heavy atom. The van der Waals surface area contributed by atoms with E-state index in [9.17, 15) is 9.59 Å². The fraction of sp³-hybridized carbons (Fsp3) is 0.385. The van der Waals surface area contributed by atoms with Gasteiger partial charge in [-0.15, -0.1) is 0 Å². The highest BCUT2D eigenvalue weighted by Gasteiger charge is 2.13. The summed E-state index contributed by atoms with van der Waals surface area (Å²) in [4.78, 5) is 33.8. The number of rotatable bonds is 5. The Labute approximate surface area is 121 Å². The molecule has 8 heteroatoms. The summed E-state index contributed by atoms with van der Waals surface area (Å²) in [5, 5.41) is 2.92. The largest absolute Gasteiger partial charge is 0.383 e. The lowest BCUT2D eigenvalue weighted by Crippen LogP contribution is -2.35. The molecule has 0 aliphatic rings. The van der Waals surface area contributed by atoms with Gasteiger partial charge >= 0.3 is 5.69 Å². The molecule has 0 amide bonds. The van der Waals surface area contributed by atoms with Gasteiger partial charge in [0.05, 0.1) is 12.2 Å². The SMILES string of the molecule is CC(C)Cn1c(N)c(NCc2ccncn2)c(=O)[nH]c1=O. The van der Waals surface area contributed by atoms with E-state index in [4.69, 9.17) is 5.73 Å². The zero-order chi connectivity index (χ0) is 15.4. The number of hydrogen-bond donors (Lipinski definition) is 3. The predicted molar refractivity (Wildman–Crippen MR) is 79.9 cm³/mol. The van der Waals surface area contributed by atoms with E-state index in [0.717, 1.165) is 0 Å². The van der Waals surface area contributed by atoms with Gasteiger partial charge in [-0.05, 0) is 12.0 Å². The van der Waals surface area contributed by atoms with Gasteiger partial charge in [-0.1, -0.05) is 13.8 Å². The molecule has 0 atom stereocenters. The molecule has 0 spiro atoms. The molecule has 0 saturated carbocycles. The maximum atomic E-state index is 11.9. The Morgan fingerprint density at radius 3 is 2.81 bits per heavy atom. The first-order valence-corrected chi connectivity index (χ1v) is 6.60. The van der Waals surface area contributed by atoms with Gasteiger partial charge < -0.3 is 11.1 Å². The number of nitrogens with zero attached hydrogens (tertiary/aromatic N) is 3. The average Bonchev–Trinajstić information content (AvgIpc) is 2.44. The Balaban J connectivity index is 2.31. The average molecular weight is 290 g/mol. The fourth-order valence-electron chi connectivity index (χ4n) is 1.91. The number of nitrogens with one attached hydrogen (secondary N) is 2. The molecule has 0 aromatic carbocycles. The highest BCUT2D eigenvalue weighted by atomic mass is 16.2. The number of aromatic nitrogens is 4. The number of hydrogen-bond acceptors (Lipinski definition) is 6. The van der Waals surface area contributed by atoms with E-state index in [-0.39, 0.29) is 17.4 Å². The Kier molecular flexibility index (Phi) is 4.36. The van der Waals surface area contributed by atoms with E-state index < -0.39 is 11.2 Å². The van der Waals surface area contributed by atoms with Crippen LogP contribution >= 0.6 is 0 Å². The minimum absolute atomic E-state index is 0.131. The molecule has 2 aromatic heterocycles. The lowest BCUT2D eigenvalue weighted by Gasteiger charge is -2.15. The zero-order valence-corrected chi connectivity index (χ0v) is 12.0. The first kappa shape index (κ1) is 14.8. The van der Waals surface area contributed by atoms with Gasteiger partial charge in [0.1, 0.15) is 17.8 Å². The summed E-state index contributed by atoms with van der Waals surface area (Å²) in [6.45, 7) is 4.68. The van der Waals surface area contributed by atoms with Gasteiger partial charge in [-0.2, -0.15) is 0 Å². The lowest BCUT2D eigenvalue weighted by atomic mass is 10.2. The van der Waals surface area contributed by atoms with Crippen molar-refractivity contribution in [2.24, 2.45) is 5.92 Å². The normalized spacial score (nSPS) is 10.8. The molecule has 0 radical (unpaired) electrons. The van der Waals surface area contributed by atoms with Gasteiger partial charge in [0.15, 0.2) is 0 Å². The molecule has 2 aromatic rings. The second kappa shape index (κ2) is 6.21. The van der Waals surface area contributed by atoms with Crippen molar-refractivity contribution < 1.29 is 0 Å². The summed E-state index contributed by atoms with van der Waals surface area (Å²) in [7, 11) is 0. The molecular weight excluding hydrogens is 272 g/mol. The minimum atomic E-state index is -0.536. The summed E-state index contributed by atoms with van der Waals surface area (Å²) in [5.41, 5.74) is 5.80. The van der Waals surface area contributed by atoms with Crippen molar-refractivity contribution in [2.45, 2.75) is 26.9 Å². The number of nitrogens with two attached hydrogens (primary N) is 1. The second-order valence-electron chi connectivity index (χ2n) is 5.08. The van der Waals surface area contributed by atoms with Crippen LogP contribution in [0.5, 0.6) is 0 Å². The van der Waals surface area contributed by atoms with E-state index >= 15 is 0 Å². The summed E-state index contributed by atoms with van der Waals surface area (Å²) < 4.78 is 1.36. The summed E-state index contributed by atoms with van der Waals surface area (Å²) >= 11 is 0. The van der Waals surface area contributed by atoms with Crippen molar-refractivity contribution in [1.29, 1.82) is 0 Å². The molecule has 0 bridgehead atoms. The topological polar surface area (TPSA) is 119 Å². The molecule has 21 heavy (non-hydrogen) atoms. The quantitative estimate of drug-likeness (QED) is 0.722. The van der Waals surface area contributed by atoms with E-state index in [1.165, 1.54) is 10.9 Å². The number of aromatic amines is 1. The first-order valence-electron chi connectivity index (χ1n) is 6.60. The summed E-state index contributed by atoms with van der Waals surface area (Å²) in [6.07, 6.45) is 3.03. The first-order chi connectivity index (χ1) is 9.99. The van der Waals surface area contributed by atoms with Crippen molar-refractivity contribution in [2.75, 3.05) is 11.1 Å². The molecule has 8 nitrogen and oxygen atoms in total. The third-order valence-electron chi connectivity index (χ3n) is 2.88. The molecule has 0 fully saturated rings. The second-order valence-corrected chi connectivity index (χ2v) is 5.08. The molecule has 0 saturated heterocycles. The van der Waals surface area contributed by atoms with Crippen molar-refractivity contribution >= 4 is 11.5 Å². The van der Waals surface area contributed by atoms with Gasteiger partial charge in [0, 0.05) is 12.7 Å². The molecular formula is C13H18N6O2. The molecule has 0 aliphatic heterocycles. The smallest absolute Gasteiger partial charge is 0.330 e. The number of H-pyrrole nitrogens is 1. The van der Waals surface area contributed by atoms with E-state index in [1.54, 1.807) is 12.3 Å². The van der Waals surface area contributed by atoms with Gasteiger partial charge in [0.25, 0.3) is 5.56 Å². The van der Waals surface area contributed by atoms with E-state index in [1.807, 2.05) is 13.8 Å². The zero-order valence-electron chi connectivity index (χ0n) is 12.0. The standard InChI is InChI=1S/C13H18N6O2/c1-8(2)6-19-11(14)10(12(20)18-13(19)21)16-5-9-3-4-15-7-17-9/h3-4,7-8,16H,5-6,14H2,1-2H3,(H,18,20,21). The van der Waals surface area contributed by atoms with Crippen LogP contribution in [0.15, 0.2) is 28.2 Å². The number of anilines is 2. The third kappa shape index (κ3) is 3.47. The van der Waals surface area contributed by atoms with Crippen LogP contribution in [-0.4, -0.2) is 19.5 Å². The molecule has 2 rings (SSSR count). The molecule has 112 valence electrons. The highest BCUT2D eigenvalue weighted by Crippen LogP contribution is 2.12. The predicted octanol–water partition coefficient (Wildman–Crippen LogP) is 0.177. The monoisotopic (exact) mass is 290 g/mol. The van der Waals surface area contributed by atoms with Crippen molar-refractivity contribution in [1.82, 2.24) is 19.5 Å². The van der Waals surface area contributed by atoms with Gasteiger partial charge in [0.2, 0.25) is 0 Å². The Morgan fingerprint density at radius 2 is 2.19 bits per heavy atom. The van der Waals surface area contributed by atoms with Crippen LogP contribution in [0.3, 0.4) is 0 Å². The Bertz CT molecular complexity index is 720. The van der Waals surface area contributed by atoms with Crippen molar-refractivity contribution in [3.63, 3.8) is 0 Å². The maximum Gasteiger partial charge on any atom is 0.330 e. The number of nitrogen functional groups attached to an aromatic ring is 1. The van der Waals surface area contributed by atoms with E-state index in [0.29, 0.717) is 18.8 Å². The minimum Gasteiger partial charge on any atom is -0.383 e. The van der Waals surface area contributed by atoms with Crippen LogP contribution in [0, 0.1) is 5.92 Å². The lowest BCUT2D eigenvalue weighted by molar-refractivity contribution is 0.508. The van der Waals surface area contributed by atoms with Crippen LogP contribution in [0.25, 0.3) is 0 Å². The Hall–Kier alpha value is -2.64. The summed E-state index contributed by atoms with van der Waals surface area (Å²) in [5.74, 6) is 0.358. The molecule has 0 aliphatic carbocycles. The van der Waals surface area contributed by atoms with Crippen LogP contribution in [0.4, 0.5) is 11.5 Å². The van der Waals surface area contributed by atoms with Gasteiger partial charge in [-0.3, -0.25) is 14.3 Å². The molecule has 0 unspecified atom stereocenters. The maximum absolute atomic E-state index is 11.9. The van der Waals surface area contributed by atoms with Crippen LogP contribution in [0.1, 0.15) is 19.5 Å². The van der Waals surface area contributed by atoms with Crippen molar-refractivity contribution in [3.8, 4) is 0 Å². The fourth-order valence-corrected chi connectivity index (χ4v) is 1.91. The van der Waals surface area contributed by atoms with E-state index in [2.05, 4.69) is 20.3 Å². The van der Waals surface area contributed by atoms with Crippen LogP contribution in [-0.2, 0) is 13.1 Å². The van der Waals surface area contributed by atoms with Gasteiger partial charge in [-0.25, -0.2) is 14.8 Å². The van der Waals surface area contributed by atoms with Crippen LogP contribution in [0.2, 0.25) is 0 Å².